The molecule has 2 heterocycles. The number of aromatic amines is 1. The zero-order valence-corrected chi connectivity index (χ0v) is 11.2. The van der Waals surface area contributed by atoms with Crippen molar-refractivity contribution in [3.8, 4) is 11.3 Å². The summed E-state index contributed by atoms with van der Waals surface area (Å²) in [4.78, 5) is 16.5. The lowest BCUT2D eigenvalue weighted by Crippen LogP contribution is -2.15. The fourth-order valence-corrected chi connectivity index (χ4v) is 1.92. The third kappa shape index (κ3) is 2.92. The molecule has 21 heavy (non-hydrogen) atoms. The molecule has 0 aliphatic rings. The molecule has 0 unspecified atom stereocenters. The molecule has 0 radical (unpaired) electrons. The smallest absolute Gasteiger partial charge is 0.276 e. The van der Waals surface area contributed by atoms with Crippen LogP contribution in [0.4, 0.5) is 5.95 Å². The number of carbonyl (C=O) groups is 1. The summed E-state index contributed by atoms with van der Waals surface area (Å²) in [6.07, 6.45) is 0. The van der Waals surface area contributed by atoms with Crippen LogP contribution in [-0.2, 0) is 0 Å². The normalized spacial score (nSPS) is 10.3. The van der Waals surface area contributed by atoms with Gasteiger partial charge in [-0.1, -0.05) is 35.4 Å². The lowest BCUT2D eigenvalue weighted by Gasteiger charge is -2.06. The predicted octanol–water partition coefficient (Wildman–Crippen LogP) is 1.82. The third-order valence-corrected chi connectivity index (χ3v) is 2.84. The molecule has 0 bridgehead atoms. The van der Waals surface area contributed by atoms with Crippen LogP contribution in [0.2, 0.25) is 0 Å². The zero-order chi connectivity index (χ0) is 14.7. The molecule has 1 amide bonds. The number of hydrogen-bond donors (Lipinski definition) is 2. The van der Waals surface area contributed by atoms with E-state index in [1.165, 1.54) is 0 Å². The minimum absolute atomic E-state index is 0.115. The Labute approximate surface area is 120 Å². The van der Waals surface area contributed by atoms with Crippen molar-refractivity contribution in [2.24, 2.45) is 0 Å². The summed E-state index contributed by atoms with van der Waals surface area (Å²) in [7, 11) is 0. The van der Waals surface area contributed by atoms with Crippen molar-refractivity contribution in [3.63, 3.8) is 0 Å². The Balaban J connectivity index is 1.93. The summed E-state index contributed by atoms with van der Waals surface area (Å²) in [6, 6.07) is 13.3. The monoisotopic (exact) mass is 280 g/mol. The number of aryl methyl sites for hydroxylation is 1. The first-order valence-electron chi connectivity index (χ1n) is 6.31. The minimum Gasteiger partial charge on any atom is -0.286 e. The molecular weight excluding hydrogens is 268 g/mol. The van der Waals surface area contributed by atoms with E-state index in [-0.39, 0.29) is 11.9 Å². The molecule has 0 fully saturated rings. The summed E-state index contributed by atoms with van der Waals surface area (Å²) < 4.78 is 0. The number of nitrogens with one attached hydrogen (secondary N) is 2. The van der Waals surface area contributed by atoms with E-state index in [0.717, 1.165) is 16.8 Å². The van der Waals surface area contributed by atoms with Gasteiger partial charge in [0, 0.05) is 5.56 Å². The number of nitrogens with zero attached hydrogens (tertiary/aromatic N) is 4. The highest BCUT2D eigenvalue weighted by Gasteiger charge is 2.12. The standard InChI is InChI=1S/C14H12N6O/c1-9-7-11(10-5-3-2-4-6-10)15-12(8-9)13(21)16-14-17-19-20-18-14/h2-8H,1H3,(H2,16,17,18,19,20,21). The van der Waals surface area contributed by atoms with Gasteiger partial charge in [-0.3, -0.25) is 10.1 Å². The largest absolute Gasteiger partial charge is 0.286 e. The number of hydrogen-bond acceptors (Lipinski definition) is 5. The zero-order valence-electron chi connectivity index (χ0n) is 11.2. The summed E-state index contributed by atoms with van der Waals surface area (Å²) in [6.45, 7) is 1.92. The van der Waals surface area contributed by atoms with Crippen LogP contribution in [0.5, 0.6) is 0 Å². The first kappa shape index (κ1) is 12.9. The molecule has 1 aromatic carbocycles. The van der Waals surface area contributed by atoms with Crippen molar-refractivity contribution < 1.29 is 4.79 Å². The molecule has 0 saturated carbocycles. The number of aromatic nitrogens is 5. The maximum Gasteiger partial charge on any atom is 0.276 e. The second kappa shape index (κ2) is 5.49. The first-order chi connectivity index (χ1) is 10.2. The van der Waals surface area contributed by atoms with E-state index in [4.69, 9.17) is 0 Å². The Morgan fingerprint density at radius 2 is 2.00 bits per heavy atom. The van der Waals surface area contributed by atoms with Crippen molar-refractivity contribution in [3.05, 3.63) is 53.7 Å². The molecular formula is C14H12N6O. The lowest BCUT2D eigenvalue weighted by atomic mass is 10.1. The number of carbonyl (C=O) groups excluding carboxylic acids is 1. The van der Waals surface area contributed by atoms with Gasteiger partial charge < -0.3 is 0 Å². The molecule has 2 N–H and O–H groups in total. The molecule has 104 valence electrons. The second-order valence-electron chi connectivity index (χ2n) is 4.47. The van der Waals surface area contributed by atoms with Crippen LogP contribution >= 0.6 is 0 Å². The number of pyridine rings is 1. The molecule has 7 heteroatoms. The second-order valence-corrected chi connectivity index (χ2v) is 4.47. The molecule has 0 saturated heterocycles. The van der Waals surface area contributed by atoms with Gasteiger partial charge in [0.05, 0.1) is 5.69 Å². The molecule has 0 aliphatic heterocycles. The average Bonchev–Trinajstić information content (AvgIpc) is 3.00. The van der Waals surface area contributed by atoms with Gasteiger partial charge in [-0.25, -0.2) is 4.98 Å². The van der Waals surface area contributed by atoms with Crippen LogP contribution in [-0.4, -0.2) is 31.5 Å². The van der Waals surface area contributed by atoms with E-state index in [1.807, 2.05) is 43.3 Å². The van der Waals surface area contributed by atoms with Gasteiger partial charge in [-0.15, -0.1) is 5.10 Å². The van der Waals surface area contributed by atoms with Crippen molar-refractivity contribution in [1.82, 2.24) is 25.6 Å². The quantitative estimate of drug-likeness (QED) is 0.762. The predicted molar refractivity (Wildman–Crippen MR) is 76.5 cm³/mol. The van der Waals surface area contributed by atoms with Crippen LogP contribution in [0.25, 0.3) is 11.3 Å². The van der Waals surface area contributed by atoms with Crippen molar-refractivity contribution in [2.75, 3.05) is 5.32 Å². The lowest BCUT2D eigenvalue weighted by molar-refractivity contribution is 0.102. The average molecular weight is 280 g/mol. The molecule has 7 nitrogen and oxygen atoms in total. The Kier molecular flexibility index (Phi) is 3.38. The van der Waals surface area contributed by atoms with Gasteiger partial charge in [0.25, 0.3) is 11.9 Å². The van der Waals surface area contributed by atoms with E-state index >= 15 is 0 Å². The molecule has 0 atom stereocenters. The van der Waals surface area contributed by atoms with Crippen molar-refractivity contribution >= 4 is 11.9 Å². The van der Waals surface area contributed by atoms with Crippen LogP contribution in [0, 0.1) is 6.92 Å². The molecule has 2 aromatic heterocycles. The fourth-order valence-electron chi connectivity index (χ4n) is 1.92. The van der Waals surface area contributed by atoms with Gasteiger partial charge >= 0.3 is 0 Å². The van der Waals surface area contributed by atoms with E-state index < -0.39 is 0 Å². The van der Waals surface area contributed by atoms with Crippen LogP contribution in [0.1, 0.15) is 16.1 Å². The summed E-state index contributed by atoms with van der Waals surface area (Å²) in [5.41, 5.74) is 2.95. The summed E-state index contributed by atoms with van der Waals surface area (Å²) >= 11 is 0. The van der Waals surface area contributed by atoms with E-state index in [1.54, 1.807) is 6.07 Å². The van der Waals surface area contributed by atoms with Gasteiger partial charge in [-0.2, -0.15) is 5.21 Å². The molecule has 3 aromatic rings. The summed E-state index contributed by atoms with van der Waals surface area (Å²) in [5.74, 6) is -0.262. The van der Waals surface area contributed by atoms with Crippen LogP contribution in [0.15, 0.2) is 42.5 Å². The number of H-pyrrole nitrogens is 1. The van der Waals surface area contributed by atoms with Crippen LogP contribution in [0.3, 0.4) is 0 Å². The van der Waals surface area contributed by atoms with E-state index in [2.05, 4.69) is 30.9 Å². The Morgan fingerprint density at radius 1 is 1.19 bits per heavy atom. The van der Waals surface area contributed by atoms with Gasteiger partial charge in [0.15, 0.2) is 0 Å². The van der Waals surface area contributed by atoms with E-state index in [0.29, 0.717) is 5.69 Å². The summed E-state index contributed by atoms with van der Waals surface area (Å²) in [5, 5.41) is 15.5. The Morgan fingerprint density at radius 3 is 2.71 bits per heavy atom. The SMILES string of the molecule is Cc1cc(C(=O)Nc2nn[nH]n2)nc(-c2ccccc2)c1. The van der Waals surface area contributed by atoms with Crippen molar-refractivity contribution in [1.29, 1.82) is 0 Å². The van der Waals surface area contributed by atoms with Gasteiger partial charge in [-0.05, 0) is 29.8 Å². The number of tetrazole rings is 1. The highest BCUT2D eigenvalue weighted by molar-refractivity contribution is 6.02. The maximum absolute atomic E-state index is 12.2. The first-order valence-corrected chi connectivity index (χ1v) is 6.31. The minimum atomic E-state index is -0.378. The number of amides is 1. The number of rotatable bonds is 3. The maximum atomic E-state index is 12.2. The third-order valence-electron chi connectivity index (χ3n) is 2.84. The number of benzene rings is 1. The Hall–Kier alpha value is -3.09. The van der Waals surface area contributed by atoms with Gasteiger partial charge in [0.2, 0.25) is 0 Å². The highest BCUT2D eigenvalue weighted by Crippen LogP contribution is 2.19. The highest BCUT2D eigenvalue weighted by atomic mass is 16.2. The Bertz CT molecular complexity index is 754. The van der Waals surface area contributed by atoms with Crippen LogP contribution < -0.4 is 5.32 Å². The van der Waals surface area contributed by atoms with E-state index in [9.17, 15) is 4.79 Å². The number of anilines is 1. The molecule has 0 aliphatic carbocycles. The molecule has 3 rings (SSSR count). The van der Waals surface area contributed by atoms with Crippen molar-refractivity contribution in [2.45, 2.75) is 6.92 Å². The molecule has 0 spiro atoms. The fraction of sp³-hybridized carbons (Fsp3) is 0.0714. The van der Waals surface area contributed by atoms with Gasteiger partial charge in [0.1, 0.15) is 5.69 Å². The topological polar surface area (TPSA) is 96.5 Å².